The lowest BCUT2D eigenvalue weighted by atomic mass is 10.2. The molecule has 0 atom stereocenters. The molecule has 0 spiro atoms. The lowest BCUT2D eigenvalue weighted by Gasteiger charge is -2.15. The molecule has 2 aromatic heterocycles. The molecule has 27 heavy (non-hydrogen) atoms. The zero-order chi connectivity index (χ0) is 18.7. The summed E-state index contributed by atoms with van der Waals surface area (Å²) < 4.78 is 27.1. The van der Waals surface area contributed by atoms with Crippen LogP contribution < -0.4 is 5.43 Å². The number of benzene rings is 1. The second-order valence-electron chi connectivity index (χ2n) is 6.06. The fraction of sp³-hybridized carbons (Fsp3) is 0.222. The van der Waals surface area contributed by atoms with Crippen molar-refractivity contribution in [3.8, 4) is 11.3 Å². The van der Waals surface area contributed by atoms with Crippen LogP contribution in [0.25, 0.3) is 11.3 Å². The maximum Gasteiger partial charge on any atom is 0.243 e. The summed E-state index contributed by atoms with van der Waals surface area (Å²) in [7, 11) is -3.43. The van der Waals surface area contributed by atoms with Crippen LogP contribution in [0.4, 0.5) is 5.13 Å². The molecule has 3 heterocycles. The first-order chi connectivity index (χ1) is 13.1. The SMILES string of the molecule is O=S(=O)(c1cccc(-c2csc(N/N=C/c3cccs3)n2)c1)N1CCCC1. The Bertz CT molecular complexity index is 1040. The Morgan fingerprint density at radius 1 is 1.15 bits per heavy atom. The molecule has 1 aliphatic rings. The second-order valence-corrected chi connectivity index (χ2v) is 9.84. The van der Waals surface area contributed by atoms with E-state index < -0.39 is 10.0 Å². The number of aromatic nitrogens is 1. The quantitative estimate of drug-likeness (QED) is 0.483. The zero-order valence-corrected chi connectivity index (χ0v) is 16.9. The molecule has 0 aliphatic carbocycles. The summed E-state index contributed by atoms with van der Waals surface area (Å²) in [5.74, 6) is 0. The maximum absolute atomic E-state index is 12.8. The van der Waals surface area contributed by atoms with Gasteiger partial charge >= 0.3 is 0 Å². The third-order valence-corrected chi connectivity index (χ3v) is 7.68. The summed E-state index contributed by atoms with van der Waals surface area (Å²) in [5.41, 5.74) is 4.43. The van der Waals surface area contributed by atoms with Gasteiger partial charge in [-0.25, -0.2) is 13.4 Å². The Morgan fingerprint density at radius 2 is 2.00 bits per heavy atom. The van der Waals surface area contributed by atoms with Crippen LogP contribution in [0.5, 0.6) is 0 Å². The standard InChI is InChI=1S/C18H18N4O2S3/c23-27(24,22-8-1-2-9-22)16-7-3-5-14(11-16)17-13-26-18(20-17)21-19-12-15-6-4-10-25-15/h3-7,10-13H,1-2,8-9H2,(H,20,21)/b19-12+. The van der Waals surface area contributed by atoms with Gasteiger partial charge in [0.2, 0.25) is 15.2 Å². The molecule has 0 bridgehead atoms. The predicted molar refractivity (Wildman–Crippen MR) is 111 cm³/mol. The molecule has 1 aliphatic heterocycles. The molecule has 1 aromatic carbocycles. The van der Waals surface area contributed by atoms with Gasteiger partial charge in [0.1, 0.15) is 0 Å². The van der Waals surface area contributed by atoms with Crippen LogP contribution in [0.1, 0.15) is 17.7 Å². The Kier molecular flexibility index (Phi) is 5.35. The Hall–Kier alpha value is -2.07. The summed E-state index contributed by atoms with van der Waals surface area (Å²) in [6.07, 6.45) is 3.59. The van der Waals surface area contributed by atoms with Crippen molar-refractivity contribution in [3.05, 3.63) is 52.0 Å². The number of nitrogens with one attached hydrogen (secondary N) is 1. The normalized spacial score (nSPS) is 15.6. The molecule has 3 aromatic rings. The molecule has 0 amide bonds. The van der Waals surface area contributed by atoms with Crippen molar-refractivity contribution in [1.29, 1.82) is 0 Å². The lowest BCUT2D eigenvalue weighted by molar-refractivity contribution is 0.477. The average molecular weight is 419 g/mol. The van der Waals surface area contributed by atoms with Gasteiger partial charge < -0.3 is 0 Å². The van der Waals surface area contributed by atoms with Crippen molar-refractivity contribution in [2.75, 3.05) is 18.5 Å². The second kappa shape index (κ2) is 7.89. The molecule has 0 radical (unpaired) electrons. The molecule has 6 nitrogen and oxygen atoms in total. The highest BCUT2D eigenvalue weighted by Gasteiger charge is 2.27. The highest BCUT2D eigenvalue weighted by Crippen LogP contribution is 2.28. The number of nitrogens with zero attached hydrogens (tertiary/aromatic N) is 3. The molecule has 140 valence electrons. The number of hydrogen-bond donors (Lipinski definition) is 1. The lowest BCUT2D eigenvalue weighted by Crippen LogP contribution is -2.27. The minimum atomic E-state index is -3.43. The van der Waals surface area contributed by atoms with Crippen molar-refractivity contribution in [3.63, 3.8) is 0 Å². The maximum atomic E-state index is 12.8. The molecule has 9 heteroatoms. The number of thiazole rings is 1. The first kappa shape index (κ1) is 18.3. The van der Waals surface area contributed by atoms with Gasteiger partial charge in [-0.2, -0.15) is 9.41 Å². The summed E-state index contributed by atoms with van der Waals surface area (Å²) in [6, 6.07) is 10.9. The van der Waals surface area contributed by atoms with E-state index in [1.165, 1.54) is 11.3 Å². The average Bonchev–Trinajstić information content (AvgIpc) is 3.44. The van der Waals surface area contributed by atoms with Crippen LogP contribution in [0.3, 0.4) is 0 Å². The highest BCUT2D eigenvalue weighted by molar-refractivity contribution is 7.89. The van der Waals surface area contributed by atoms with E-state index in [0.29, 0.717) is 23.1 Å². The van der Waals surface area contributed by atoms with Crippen molar-refractivity contribution in [2.24, 2.45) is 5.10 Å². The van der Waals surface area contributed by atoms with E-state index in [9.17, 15) is 8.42 Å². The van der Waals surface area contributed by atoms with Gasteiger partial charge in [-0.05, 0) is 36.4 Å². The van der Waals surface area contributed by atoms with Crippen molar-refractivity contribution in [2.45, 2.75) is 17.7 Å². The molecule has 0 unspecified atom stereocenters. The van der Waals surface area contributed by atoms with E-state index in [4.69, 9.17) is 0 Å². The molecule has 0 saturated carbocycles. The third-order valence-electron chi connectivity index (χ3n) is 4.23. The Labute approximate surface area is 166 Å². The van der Waals surface area contributed by atoms with E-state index in [0.717, 1.165) is 29.0 Å². The van der Waals surface area contributed by atoms with E-state index in [2.05, 4.69) is 15.5 Å². The summed E-state index contributed by atoms with van der Waals surface area (Å²) in [5, 5.41) is 8.72. The van der Waals surface area contributed by atoms with Crippen LogP contribution >= 0.6 is 22.7 Å². The molecule has 1 fully saturated rings. The van der Waals surface area contributed by atoms with Crippen LogP contribution in [-0.2, 0) is 10.0 Å². The van der Waals surface area contributed by atoms with Crippen LogP contribution in [-0.4, -0.2) is 37.0 Å². The Morgan fingerprint density at radius 3 is 2.78 bits per heavy atom. The minimum absolute atomic E-state index is 0.320. The predicted octanol–water partition coefficient (Wildman–Crippen LogP) is 4.10. The van der Waals surface area contributed by atoms with Gasteiger partial charge in [0.15, 0.2) is 0 Å². The van der Waals surface area contributed by atoms with Gasteiger partial charge in [-0.15, -0.1) is 22.7 Å². The van der Waals surface area contributed by atoms with Gasteiger partial charge in [0.05, 0.1) is 16.8 Å². The highest BCUT2D eigenvalue weighted by atomic mass is 32.2. The van der Waals surface area contributed by atoms with E-state index in [-0.39, 0.29) is 0 Å². The molecule has 4 rings (SSSR count). The third kappa shape index (κ3) is 4.11. The molecule has 1 saturated heterocycles. The summed E-state index contributed by atoms with van der Waals surface area (Å²) in [4.78, 5) is 5.88. The van der Waals surface area contributed by atoms with Crippen LogP contribution in [0, 0.1) is 0 Å². The van der Waals surface area contributed by atoms with Crippen molar-refractivity contribution in [1.82, 2.24) is 9.29 Å². The van der Waals surface area contributed by atoms with E-state index in [1.54, 1.807) is 40.1 Å². The van der Waals surface area contributed by atoms with Gasteiger partial charge in [-0.1, -0.05) is 18.2 Å². The topological polar surface area (TPSA) is 74.7 Å². The van der Waals surface area contributed by atoms with Crippen molar-refractivity contribution < 1.29 is 8.42 Å². The van der Waals surface area contributed by atoms with Gasteiger partial charge in [0, 0.05) is 28.9 Å². The first-order valence-electron chi connectivity index (χ1n) is 8.52. The number of anilines is 1. The summed E-state index contributed by atoms with van der Waals surface area (Å²) in [6.45, 7) is 1.19. The van der Waals surface area contributed by atoms with Gasteiger partial charge in [0.25, 0.3) is 0 Å². The van der Waals surface area contributed by atoms with E-state index >= 15 is 0 Å². The largest absolute Gasteiger partial charge is 0.253 e. The fourth-order valence-electron chi connectivity index (χ4n) is 2.87. The summed E-state index contributed by atoms with van der Waals surface area (Å²) >= 11 is 3.03. The smallest absolute Gasteiger partial charge is 0.243 e. The van der Waals surface area contributed by atoms with E-state index in [1.807, 2.05) is 29.0 Å². The van der Waals surface area contributed by atoms with Crippen LogP contribution in [0.2, 0.25) is 0 Å². The molecular formula is C18H18N4O2S3. The zero-order valence-electron chi connectivity index (χ0n) is 14.4. The number of hydrazone groups is 1. The van der Waals surface area contributed by atoms with Crippen molar-refractivity contribution >= 4 is 44.0 Å². The first-order valence-corrected chi connectivity index (χ1v) is 11.7. The number of thiophene rings is 1. The Balaban J connectivity index is 1.51. The molecule has 1 N–H and O–H groups in total. The fourth-order valence-corrected chi connectivity index (χ4v) is 5.68. The monoisotopic (exact) mass is 418 g/mol. The van der Waals surface area contributed by atoms with Crippen LogP contribution in [0.15, 0.2) is 57.2 Å². The number of rotatable bonds is 6. The number of hydrogen-bond acceptors (Lipinski definition) is 7. The van der Waals surface area contributed by atoms with Gasteiger partial charge in [-0.3, -0.25) is 5.43 Å². The number of sulfonamides is 1. The minimum Gasteiger partial charge on any atom is -0.253 e. The molecular weight excluding hydrogens is 400 g/mol.